The number of alkyl halides is 3. The summed E-state index contributed by atoms with van der Waals surface area (Å²) in [5.41, 5.74) is 5.35. The lowest BCUT2D eigenvalue weighted by Crippen LogP contribution is -2.03. The molecule has 2 N–H and O–H groups in total. The number of nitrogens with two attached hydrogens (primary N) is 1. The summed E-state index contributed by atoms with van der Waals surface area (Å²) < 4.78 is 30.0. The minimum atomic E-state index is -2.65. The number of halogens is 3. The average Bonchev–Trinajstić information content (AvgIpc) is 2.16. The van der Waals surface area contributed by atoms with Gasteiger partial charge in [0.25, 0.3) is 6.43 Å². The van der Waals surface area contributed by atoms with Crippen molar-refractivity contribution in [3.05, 3.63) is 17.3 Å². The van der Waals surface area contributed by atoms with E-state index in [0.29, 0.717) is 11.3 Å². The predicted octanol–water partition coefficient (Wildman–Crippen LogP) is 2.50. The van der Waals surface area contributed by atoms with Crippen molar-refractivity contribution >= 4 is 21.7 Å². The van der Waals surface area contributed by atoms with Crippen LogP contribution in [0, 0.1) is 0 Å². The minimum absolute atomic E-state index is 0.0295. The summed E-state index contributed by atoms with van der Waals surface area (Å²) in [7, 11) is 1.40. The minimum Gasteiger partial charge on any atom is -0.496 e. The fraction of sp³-hybridized carbons (Fsp3) is 0.375. The Balaban J connectivity index is 3.31. The molecule has 0 saturated heterocycles. The van der Waals surface area contributed by atoms with Gasteiger partial charge in [-0.15, -0.1) is 0 Å². The number of aromatic nitrogens is 1. The molecule has 0 amide bonds. The zero-order valence-electron chi connectivity index (χ0n) is 7.43. The Morgan fingerprint density at radius 3 is 2.71 bits per heavy atom. The summed E-state index contributed by atoms with van der Waals surface area (Å²) in [6.45, 7) is 0. The van der Waals surface area contributed by atoms with Crippen LogP contribution in [0.3, 0.4) is 0 Å². The number of anilines is 1. The predicted molar refractivity (Wildman–Crippen MR) is 52.8 cm³/mol. The van der Waals surface area contributed by atoms with Crippen molar-refractivity contribution in [2.75, 3.05) is 12.8 Å². The molecule has 0 radical (unpaired) electrons. The highest BCUT2D eigenvalue weighted by molar-refractivity contribution is 9.08. The topological polar surface area (TPSA) is 48.1 Å². The second-order valence-electron chi connectivity index (χ2n) is 2.55. The van der Waals surface area contributed by atoms with Gasteiger partial charge in [0.15, 0.2) is 0 Å². The number of methoxy groups -OCH3 is 1. The Bertz CT molecular complexity index is 333. The smallest absolute Gasteiger partial charge is 0.280 e. The lowest BCUT2D eigenvalue weighted by molar-refractivity contribution is 0.145. The van der Waals surface area contributed by atoms with Crippen molar-refractivity contribution in [2.24, 2.45) is 0 Å². The van der Waals surface area contributed by atoms with E-state index < -0.39 is 6.43 Å². The first kappa shape index (κ1) is 11.2. The molecule has 0 atom stereocenters. The van der Waals surface area contributed by atoms with Crippen LogP contribution in [0.2, 0.25) is 0 Å². The van der Waals surface area contributed by atoms with Gasteiger partial charge in [-0.1, -0.05) is 15.9 Å². The largest absolute Gasteiger partial charge is 0.496 e. The van der Waals surface area contributed by atoms with E-state index in [1.54, 1.807) is 0 Å². The Hall–Kier alpha value is -0.910. The molecule has 0 unspecified atom stereocenters. The Morgan fingerprint density at radius 2 is 2.29 bits per heavy atom. The molecule has 78 valence electrons. The quantitative estimate of drug-likeness (QED) is 0.856. The van der Waals surface area contributed by atoms with E-state index in [9.17, 15) is 8.78 Å². The van der Waals surface area contributed by atoms with Gasteiger partial charge in [0.1, 0.15) is 17.3 Å². The maximum Gasteiger partial charge on any atom is 0.280 e. The Kier molecular flexibility index (Phi) is 3.62. The molecule has 0 aliphatic rings. The number of hydrogen-bond donors (Lipinski definition) is 1. The van der Waals surface area contributed by atoms with Gasteiger partial charge in [0.05, 0.1) is 7.11 Å². The molecule has 1 heterocycles. The fourth-order valence-corrected chi connectivity index (χ4v) is 1.65. The number of rotatable bonds is 3. The molecule has 1 aromatic rings. The van der Waals surface area contributed by atoms with Crippen molar-refractivity contribution < 1.29 is 13.5 Å². The lowest BCUT2D eigenvalue weighted by Gasteiger charge is -2.11. The monoisotopic (exact) mass is 266 g/mol. The highest BCUT2D eigenvalue weighted by Crippen LogP contribution is 2.31. The molecule has 0 spiro atoms. The normalized spacial score (nSPS) is 10.6. The van der Waals surface area contributed by atoms with Crippen molar-refractivity contribution in [3.8, 4) is 5.75 Å². The SMILES string of the molecule is COc1cc(N)nc(C(F)F)c1CBr. The average molecular weight is 267 g/mol. The lowest BCUT2D eigenvalue weighted by atomic mass is 10.2. The van der Waals surface area contributed by atoms with Crippen LogP contribution in [-0.2, 0) is 5.33 Å². The van der Waals surface area contributed by atoms with E-state index in [4.69, 9.17) is 10.5 Å². The Labute approximate surface area is 88.4 Å². The molecule has 6 heteroatoms. The molecule has 1 aromatic heterocycles. The van der Waals surface area contributed by atoms with Crippen LogP contribution in [0.5, 0.6) is 5.75 Å². The third-order valence-electron chi connectivity index (χ3n) is 1.70. The number of nitrogen functional groups attached to an aromatic ring is 1. The number of hydrogen-bond acceptors (Lipinski definition) is 3. The molecule has 0 aromatic carbocycles. The summed E-state index contributed by atoms with van der Waals surface area (Å²) >= 11 is 3.10. The third kappa shape index (κ3) is 2.12. The maximum absolute atomic E-state index is 12.5. The van der Waals surface area contributed by atoms with E-state index in [-0.39, 0.29) is 16.8 Å². The number of ether oxygens (including phenoxy) is 1. The number of nitrogens with zero attached hydrogens (tertiary/aromatic N) is 1. The molecule has 1 rings (SSSR count). The van der Waals surface area contributed by atoms with E-state index >= 15 is 0 Å². The van der Waals surface area contributed by atoms with Gasteiger partial charge in [-0.3, -0.25) is 0 Å². The van der Waals surface area contributed by atoms with Crippen molar-refractivity contribution in [3.63, 3.8) is 0 Å². The van der Waals surface area contributed by atoms with Gasteiger partial charge in [0.2, 0.25) is 0 Å². The van der Waals surface area contributed by atoms with E-state index in [1.807, 2.05) is 0 Å². The summed E-state index contributed by atoms with van der Waals surface area (Å²) in [4.78, 5) is 3.57. The molecule has 14 heavy (non-hydrogen) atoms. The van der Waals surface area contributed by atoms with Gasteiger partial charge in [-0.25, -0.2) is 13.8 Å². The van der Waals surface area contributed by atoms with E-state index in [2.05, 4.69) is 20.9 Å². The van der Waals surface area contributed by atoms with Crippen LogP contribution >= 0.6 is 15.9 Å². The van der Waals surface area contributed by atoms with Crippen LogP contribution in [-0.4, -0.2) is 12.1 Å². The summed E-state index contributed by atoms with van der Waals surface area (Å²) in [6.07, 6.45) is -2.65. The van der Waals surface area contributed by atoms with Crippen LogP contribution in [0.25, 0.3) is 0 Å². The molecule has 0 aliphatic carbocycles. The first-order valence-corrected chi connectivity index (χ1v) is 4.89. The summed E-state index contributed by atoms with van der Waals surface area (Å²) in [6, 6.07) is 1.42. The maximum atomic E-state index is 12.5. The van der Waals surface area contributed by atoms with Crippen LogP contribution in [0.15, 0.2) is 6.07 Å². The van der Waals surface area contributed by atoms with E-state index in [0.717, 1.165) is 0 Å². The van der Waals surface area contributed by atoms with Crippen molar-refractivity contribution in [1.82, 2.24) is 4.98 Å². The highest BCUT2D eigenvalue weighted by Gasteiger charge is 2.18. The third-order valence-corrected chi connectivity index (χ3v) is 2.26. The van der Waals surface area contributed by atoms with Gasteiger partial charge >= 0.3 is 0 Å². The summed E-state index contributed by atoms with van der Waals surface area (Å²) in [5.74, 6) is 0.353. The van der Waals surface area contributed by atoms with E-state index in [1.165, 1.54) is 13.2 Å². The second kappa shape index (κ2) is 4.54. The standard InChI is InChI=1S/C8H9BrF2N2O/c1-14-5-2-6(12)13-7(8(10)11)4(5)3-9/h2,8H,3H2,1H3,(H2,12,13). The summed E-state index contributed by atoms with van der Waals surface area (Å²) in [5, 5.41) is 0.253. The molecule has 3 nitrogen and oxygen atoms in total. The van der Waals surface area contributed by atoms with Gasteiger partial charge < -0.3 is 10.5 Å². The molecular formula is C8H9BrF2N2O. The van der Waals surface area contributed by atoms with Crippen molar-refractivity contribution in [2.45, 2.75) is 11.8 Å². The molecule has 0 bridgehead atoms. The highest BCUT2D eigenvalue weighted by atomic mass is 79.9. The zero-order chi connectivity index (χ0) is 10.7. The first-order valence-electron chi connectivity index (χ1n) is 3.77. The molecule has 0 fully saturated rings. The first-order chi connectivity index (χ1) is 6.60. The molecule has 0 saturated carbocycles. The van der Waals surface area contributed by atoms with Crippen LogP contribution in [0.4, 0.5) is 14.6 Å². The zero-order valence-corrected chi connectivity index (χ0v) is 9.01. The Morgan fingerprint density at radius 1 is 1.64 bits per heavy atom. The second-order valence-corrected chi connectivity index (χ2v) is 3.11. The van der Waals surface area contributed by atoms with Crippen LogP contribution in [0.1, 0.15) is 17.7 Å². The molecular weight excluding hydrogens is 258 g/mol. The van der Waals surface area contributed by atoms with Crippen LogP contribution < -0.4 is 10.5 Å². The van der Waals surface area contributed by atoms with Gasteiger partial charge in [-0.05, 0) is 0 Å². The van der Waals surface area contributed by atoms with Gasteiger partial charge in [0, 0.05) is 17.0 Å². The molecule has 0 aliphatic heterocycles. The van der Waals surface area contributed by atoms with Crippen molar-refractivity contribution in [1.29, 1.82) is 0 Å². The fourth-order valence-electron chi connectivity index (χ4n) is 1.08. The van der Waals surface area contributed by atoms with Gasteiger partial charge in [-0.2, -0.15) is 0 Å². The number of pyridine rings is 1.